The van der Waals surface area contributed by atoms with Crippen LogP contribution in [-0.4, -0.2) is 27.3 Å². The number of nitrogens with zero attached hydrogens (tertiary/aromatic N) is 2. The van der Waals surface area contributed by atoms with Crippen LogP contribution in [0.3, 0.4) is 0 Å². The van der Waals surface area contributed by atoms with E-state index in [1.165, 1.54) is 5.56 Å². The molecule has 3 rings (SSSR count). The van der Waals surface area contributed by atoms with Crippen molar-refractivity contribution < 1.29 is 4.79 Å². The highest BCUT2D eigenvalue weighted by molar-refractivity contribution is 5.94. The van der Waals surface area contributed by atoms with Gasteiger partial charge in [-0.15, -0.1) is 0 Å². The number of rotatable bonds is 5. The van der Waals surface area contributed by atoms with E-state index < -0.39 is 0 Å². The van der Waals surface area contributed by atoms with Gasteiger partial charge in [0.05, 0.1) is 17.4 Å². The highest BCUT2D eigenvalue weighted by Crippen LogP contribution is 2.11. The Balaban J connectivity index is 1.86. The summed E-state index contributed by atoms with van der Waals surface area (Å²) in [5.74, 6) is 0.421. The van der Waals surface area contributed by atoms with Crippen LogP contribution in [0.5, 0.6) is 0 Å². The average Bonchev–Trinajstić information content (AvgIpc) is 2.65. The van der Waals surface area contributed by atoms with Gasteiger partial charge in [0.1, 0.15) is 5.82 Å². The van der Waals surface area contributed by atoms with Gasteiger partial charge < -0.3 is 9.88 Å². The first-order chi connectivity index (χ1) is 12.1. The van der Waals surface area contributed by atoms with Crippen molar-refractivity contribution in [3.05, 3.63) is 75.8 Å². The smallest absolute Gasteiger partial charge is 0.258 e. The van der Waals surface area contributed by atoms with Crippen molar-refractivity contribution >= 4 is 16.8 Å². The highest BCUT2D eigenvalue weighted by atomic mass is 16.2. The molecule has 25 heavy (non-hydrogen) atoms. The Labute approximate surface area is 146 Å². The van der Waals surface area contributed by atoms with Gasteiger partial charge in [-0.05, 0) is 43.2 Å². The van der Waals surface area contributed by atoms with Gasteiger partial charge in [0, 0.05) is 12.1 Å². The van der Waals surface area contributed by atoms with Crippen LogP contribution in [0.2, 0.25) is 0 Å². The maximum absolute atomic E-state index is 12.7. The van der Waals surface area contributed by atoms with Crippen LogP contribution in [0.15, 0.2) is 53.3 Å². The fourth-order valence-corrected chi connectivity index (χ4v) is 2.78. The Hall–Kier alpha value is -2.95. The maximum atomic E-state index is 12.7. The van der Waals surface area contributed by atoms with Crippen LogP contribution in [0, 0.1) is 0 Å². The fraction of sp³-hybridized carbons (Fsp3) is 0.250. The van der Waals surface area contributed by atoms with E-state index in [0.29, 0.717) is 28.8 Å². The monoisotopic (exact) mass is 335 g/mol. The third-order valence-corrected chi connectivity index (χ3v) is 4.28. The van der Waals surface area contributed by atoms with Crippen molar-refractivity contribution in [2.45, 2.75) is 26.8 Å². The van der Waals surface area contributed by atoms with E-state index in [9.17, 15) is 9.59 Å². The summed E-state index contributed by atoms with van der Waals surface area (Å²) in [5.41, 5.74) is 2.29. The molecule has 0 aliphatic heterocycles. The number of H-pyrrole nitrogens is 1. The predicted octanol–water partition coefficient (Wildman–Crippen LogP) is 3.15. The molecule has 1 aromatic heterocycles. The van der Waals surface area contributed by atoms with Crippen LogP contribution in [0.4, 0.5) is 0 Å². The number of para-hydroxylation sites is 1. The lowest BCUT2D eigenvalue weighted by molar-refractivity contribution is 0.0748. The van der Waals surface area contributed by atoms with E-state index in [2.05, 4.69) is 16.9 Å². The molecule has 0 spiro atoms. The van der Waals surface area contributed by atoms with Crippen molar-refractivity contribution in [2.75, 3.05) is 6.54 Å². The second-order valence-corrected chi connectivity index (χ2v) is 5.90. The van der Waals surface area contributed by atoms with Crippen LogP contribution in [0.25, 0.3) is 10.9 Å². The fourth-order valence-electron chi connectivity index (χ4n) is 2.78. The molecule has 128 valence electrons. The first kappa shape index (κ1) is 16.9. The standard InChI is InChI=1S/C20H21N3O2/c1-3-14-9-11-15(12-10-14)20(25)23(4-2)13-18-21-17-8-6-5-7-16(17)19(24)22-18/h5-12H,3-4,13H2,1-2H3,(H,21,22,24). The Kier molecular flexibility index (Phi) is 4.93. The van der Waals surface area contributed by atoms with Crippen molar-refractivity contribution in [1.29, 1.82) is 0 Å². The van der Waals surface area contributed by atoms with Crippen molar-refractivity contribution in [2.24, 2.45) is 0 Å². The minimum atomic E-state index is -0.184. The van der Waals surface area contributed by atoms with Gasteiger partial charge in [-0.3, -0.25) is 9.59 Å². The van der Waals surface area contributed by atoms with Crippen molar-refractivity contribution in [3.63, 3.8) is 0 Å². The van der Waals surface area contributed by atoms with Gasteiger partial charge in [-0.1, -0.05) is 31.2 Å². The Morgan fingerprint density at radius 3 is 2.48 bits per heavy atom. The zero-order valence-electron chi connectivity index (χ0n) is 14.5. The van der Waals surface area contributed by atoms with Gasteiger partial charge >= 0.3 is 0 Å². The molecule has 0 aliphatic carbocycles. The molecule has 0 saturated carbocycles. The van der Waals surface area contributed by atoms with E-state index in [4.69, 9.17) is 0 Å². The Bertz CT molecular complexity index is 945. The van der Waals surface area contributed by atoms with E-state index in [-0.39, 0.29) is 18.0 Å². The lowest BCUT2D eigenvalue weighted by Gasteiger charge is -2.20. The zero-order chi connectivity index (χ0) is 17.8. The summed E-state index contributed by atoms with van der Waals surface area (Å²) in [7, 11) is 0. The molecule has 1 amide bonds. The van der Waals surface area contributed by atoms with Crippen molar-refractivity contribution in [3.8, 4) is 0 Å². The number of benzene rings is 2. The molecule has 5 nitrogen and oxygen atoms in total. The molecule has 1 heterocycles. The Morgan fingerprint density at radius 2 is 1.80 bits per heavy atom. The zero-order valence-corrected chi connectivity index (χ0v) is 14.5. The third kappa shape index (κ3) is 3.60. The first-order valence-electron chi connectivity index (χ1n) is 8.48. The van der Waals surface area contributed by atoms with E-state index in [1.807, 2.05) is 37.3 Å². The number of nitrogens with one attached hydrogen (secondary N) is 1. The lowest BCUT2D eigenvalue weighted by atomic mass is 10.1. The maximum Gasteiger partial charge on any atom is 0.258 e. The summed E-state index contributed by atoms with van der Waals surface area (Å²) in [6.07, 6.45) is 0.939. The lowest BCUT2D eigenvalue weighted by Crippen LogP contribution is -2.32. The van der Waals surface area contributed by atoms with Gasteiger partial charge in [0.25, 0.3) is 11.5 Å². The summed E-state index contributed by atoms with van der Waals surface area (Å²) in [4.78, 5) is 33.8. The average molecular weight is 335 g/mol. The summed E-state index contributed by atoms with van der Waals surface area (Å²) < 4.78 is 0. The van der Waals surface area contributed by atoms with Crippen molar-refractivity contribution in [1.82, 2.24) is 14.9 Å². The highest BCUT2D eigenvalue weighted by Gasteiger charge is 2.16. The number of hydrogen-bond donors (Lipinski definition) is 1. The molecule has 0 radical (unpaired) electrons. The van der Waals surface area contributed by atoms with E-state index in [0.717, 1.165) is 6.42 Å². The van der Waals surface area contributed by atoms with Crippen LogP contribution < -0.4 is 5.56 Å². The molecule has 0 aliphatic rings. The number of aromatic nitrogens is 2. The SMILES string of the molecule is CCc1ccc(C(=O)N(CC)Cc2nc3ccccc3c(=O)[nH]2)cc1. The van der Waals surface area contributed by atoms with Gasteiger partial charge in [-0.2, -0.15) is 0 Å². The quantitative estimate of drug-likeness (QED) is 0.779. The normalized spacial score (nSPS) is 10.8. The molecule has 0 saturated heterocycles. The molecule has 1 N–H and O–H groups in total. The molecule has 0 unspecified atom stereocenters. The Morgan fingerprint density at radius 1 is 1.08 bits per heavy atom. The molecular formula is C20H21N3O2. The molecule has 2 aromatic carbocycles. The van der Waals surface area contributed by atoms with E-state index in [1.54, 1.807) is 23.1 Å². The van der Waals surface area contributed by atoms with E-state index >= 15 is 0 Å². The molecule has 5 heteroatoms. The minimum Gasteiger partial charge on any atom is -0.331 e. The van der Waals surface area contributed by atoms with Crippen LogP contribution in [0.1, 0.15) is 35.6 Å². The van der Waals surface area contributed by atoms with Crippen LogP contribution in [-0.2, 0) is 13.0 Å². The number of aromatic amines is 1. The number of fused-ring (bicyclic) bond motifs is 1. The summed E-state index contributed by atoms with van der Waals surface area (Å²) >= 11 is 0. The number of hydrogen-bond acceptors (Lipinski definition) is 3. The topological polar surface area (TPSA) is 66.1 Å². The second kappa shape index (κ2) is 7.30. The second-order valence-electron chi connectivity index (χ2n) is 5.90. The third-order valence-electron chi connectivity index (χ3n) is 4.28. The summed E-state index contributed by atoms with van der Waals surface area (Å²) in [5, 5.41) is 0.552. The predicted molar refractivity (Wildman–Crippen MR) is 98.6 cm³/mol. The van der Waals surface area contributed by atoms with Crippen LogP contribution >= 0.6 is 0 Å². The largest absolute Gasteiger partial charge is 0.331 e. The molecule has 3 aromatic rings. The number of carbonyl (C=O) groups is 1. The van der Waals surface area contributed by atoms with Gasteiger partial charge in [0.2, 0.25) is 0 Å². The van der Waals surface area contributed by atoms with Gasteiger partial charge in [-0.25, -0.2) is 4.98 Å². The van der Waals surface area contributed by atoms with Gasteiger partial charge in [0.15, 0.2) is 0 Å². The molecule has 0 bridgehead atoms. The number of aryl methyl sites for hydroxylation is 1. The molecular weight excluding hydrogens is 314 g/mol. The summed E-state index contributed by atoms with van der Waals surface area (Å²) in [6.45, 7) is 4.80. The first-order valence-corrected chi connectivity index (χ1v) is 8.48. The summed E-state index contributed by atoms with van der Waals surface area (Å²) in [6, 6.07) is 14.8. The molecule has 0 atom stereocenters. The minimum absolute atomic E-state index is 0.0686. The molecule has 0 fully saturated rings. The number of amides is 1. The number of carbonyl (C=O) groups excluding carboxylic acids is 1.